The van der Waals surface area contributed by atoms with Crippen LogP contribution in [0.5, 0.6) is 0 Å². The van der Waals surface area contributed by atoms with Crippen LogP contribution in [0.1, 0.15) is 11.4 Å². The molecule has 3 rings (SSSR count). The summed E-state index contributed by atoms with van der Waals surface area (Å²) in [5.74, 6) is 6.18. The molecule has 106 valence electrons. The van der Waals surface area contributed by atoms with E-state index in [4.69, 9.17) is 15.6 Å². The number of benzene rings is 1. The van der Waals surface area contributed by atoms with Gasteiger partial charge in [-0.3, -0.25) is 11.3 Å². The number of nitrogens with two attached hydrogens (primary N) is 1. The average molecular weight is 289 g/mol. The summed E-state index contributed by atoms with van der Waals surface area (Å²) < 4.78 is 5.44. The zero-order valence-electron chi connectivity index (χ0n) is 11.3. The van der Waals surface area contributed by atoms with Crippen LogP contribution in [-0.2, 0) is 11.2 Å². The third-order valence-electron chi connectivity index (χ3n) is 3.76. The summed E-state index contributed by atoms with van der Waals surface area (Å²) in [5, 5.41) is 3.24. The van der Waals surface area contributed by atoms with E-state index in [1.165, 1.54) is 0 Å². The third kappa shape index (κ3) is 3.07. The molecular formula is C15H19N3OS. The molecule has 2 unspecified atom stereocenters. The fraction of sp³-hybridized carbons (Fsp3) is 0.400. The summed E-state index contributed by atoms with van der Waals surface area (Å²) in [5.41, 5.74) is 5.14. The Bertz CT molecular complexity index is 537. The number of rotatable bonds is 5. The van der Waals surface area contributed by atoms with Crippen molar-refractivity contribution < 1.29 is 4.74 Å². The molecule has 3 N–H and O–H groups in total. The molecule has 1 fully saturated rings. The zero-order chi connectivity index (χ0) is 13.8. The van der Waals surface area contributed by atoms with Gasteiger partial charge < -0.3 is 4.74 Å². The number of thiazole rings is 1. The van der Waals surface area contributed by atoms with Crippen LogP contribution >= 0.6 is 11.3 Å². The molecular weight excluding hydrogens is 270 g/mol. The largest absolute Gasteiger partial charge is 0.381 e. The van der Waals surface area contributed by atoms with Gasteiger partial charge in [-0.25, -0.2) is 4.98 Å². The molecule has 0 amide bonds. The maximum Gasteiger partial charge on any atom is 0.0948 e. The lowest BCUT2D eigenvalue weighted by molar-refractivity contribution is 0.176. The van der Waals surface area contributed by atoms with Gasteiger partial charge in [0.25, 0.3) is 0 Å². The number of hydrogen-bond acceptors (Lipinski definition) is 5. The topological polar surface area (TPSA) is 60.2 Å². The molecule has 1 aliphatic rings. The number of aromatic nitrogens is 1. The van der Waals surface area contributed by atoms with Crippen molar-refractivity contribution in [2.75, 3.05) is 13.2 Å². The lowest BCUT2D eigenvalue weighted by atomic mass is 9.97. The van der Waals surface area contributed by atoms with Crippen LogP contribution in [0.4, 0.5) is 0 Å². The van der Waals surface area contributed by atoms with Crippen molar-refractivity contribution in [3.63, 3.8) is 0 Å². The monoisotopic (exact) mass is 289 g/mol. The molecule has 0 spiro atoms. The Morgan fingerprint density at radius 1 is 1.40 bits per heavy atom. The van der Waals surface area contributed by atoms with Gasteiger partial charge in [0.15, 0.2) is 0 Å². The van der Waals surface area contributed by atoms with Crippen LogP contribution in [0.25, 0.3) is 11.3 Å². The van der Waals surface area contributed by atoms with E-state index in [0.717, 1.165) is 42.3 Å². The van der Waals surface area contributed by atoms with Crippen LogP contribution in [0, 0.1) is 5.92 Å². The van der Waals surface area contributed by atoms with Crippen LogP contribution in [0.15, 0.2) is 35.7 Å². The molecule has 2 atom stereocenters. The lowest BCUT2D eigenvalue weighted by Crippen LogP contribution is -2.42. The van der Waals surface area contributed by atoms with Crippen LogP contribution in [0.3, 0.4) is 0 Å². The second-order valence-corrected chi connectivity index (χ2v) is 6.04. The fourth-order valence-corrected chi connectivity index (χ4v) is 3.43. The van der Waals surface area contributed by atoms with E-state index < -0.39 is 0 Å². The summed E-state index contributed by atoms with van der Waals surface area (Å²) in [7, 11) is 0. The Kier molecular flexibility index (Phi) is 4.42. The summed E-state index contributed by atoms with van der Waals surface area (Å²) in [6.07, 6.45) is 1.94. The van der Waals surface area contributed by atoms with E-state index in [9.17, 15) is 0 Å². The second kappa shape index (κ2) is 6.45. The van der Waals surface area contributed by atoms with Gasteiger partial charge in [0, 0.05) is 35.9 Å². The fourth-order valence-electron chi connectivity index (χ4n) is 2.57. The number of hydrazine groups is 1. The second-order valence-electron chi connectivity index (χ2n) is 5.09. The molecule has 2 aromatic rings. The van der Waals surface area contributed by atoms with Crippen LogP contribution in [-0.4, -0.2) is 24.2 Å². The van der Waals surface area contributed by atoms with E-state index >= 15 is 0 Å². The number of ether oxygens (including phenoxy) is 1. The van der Waals surface area contributed by atoms with Gasteiger partial charge in [-0.1, -0.05) is 30.3 Å². The molecule has 5 heteroatoms. The first kappa shape index (κ1) is 13.7. The molecule has 1 saturated heterocycles. The van der Waals surface area contributed by atoms with E-state index in [-0.39, 0.29) is 6.04 Å². The first-order chi connectivity index (χ1) is 9.86. The maximum atomic E-state index is 5.69. The van der Waals surface area contributed by atoms with Gasteiger partial charge in [-0.05, 0) is 6.42 Å². The van der Waals surface area contributed by atoms with Gasteiger partial charge in [-0.2, -0.15) is 0 Å². The van der Waals surface area contributed by atoms with Crippen LogP contribution in [0.2, 0.25) is 0 Å². The Morgan fingerprint density at radius 2 is 2.25 bits per heavy atom. The molecule has 0 bridgehead atoms. The minimum absolute atomic E-state index is 0.243. The molecule has 4 nitrogen and oxygen atoms in total. The molecule has 0 aliphatic carbocycles. The number of nitrogens with one attached hydrogen (secondary N) is 1. The highest BCUT2D eigenvalue weighted by Crippen LogP contribution is 2.25. The highest BCUT2D eigenvalue weighted by atomic mass is 32.1. The normalized spacial score (nSPS) is 20.1. The van der Waals surface area contributed by atoms with Crippen molar-refractivity contribution in [2.24, 2.45) is 11.8 Å². The predicted octanol–water partition coefficient (Wildman–Crippen LogP) is 2.22. The summed E-state index contributed by atoms with van der Waals surface area (Å²) >= 11 is 1.70. The predicted molar refractivity (Wildman–Crippen MR) is 81.3 cm³/mol. The van der Waals surface area contributed by atoms with E-state index in [1.807, 2.05) is 18.2 Å². The van der Waals surface area contributed by atoms with Crippen LogP contribution < -0.4 is 11.3 Å². The quantitative estimate of drug-likeness (QED) is 0.654. The Labute approximate surface area is 123 Å². The van der Waals surface area contributed by atoms with E-state index in [1.54, 1.807) is 11.3 Å². The van der Waals surface area contributed by atoms with Crippen molar-refractivity contribution in [2.45, 2.75) is 18.9 Å². The SMILES string of the molecule is NNC(Cc1nc(-c2ccccc2)cs1)C1CCOC1. The van der Waals surface area contributed by atoms with E-state index in [2.05, 4.69) is 22.9 Å². The Balaban J connectivity index is 1.70. The van der Waals surface area contributed by atoms with Crippen molar-refractivity contribution in [1.29, 1.82) is 0 Å². The molecule has 0 saturated carbocycles. The average Bonchev–Trinajstić information content (AvgIpc) is 3.17. The summed E-state index contributed by atoms with van der Waals surface area (Å²) in [4.78, 5) is 4.72. The van der Waals surface area contributed by atoms with E-state index in [0.29, 0.717) is 5.92 Å². The van der Waals surface area contributed by atoms with Crippen molar-refractivity contribution in [3.05, 3.63) is 40.7 Å². The zero-order valence-corrected chi connectivity index (χ0v) is 12.1. The highest BCUT2D eigenvalue weighted by molar-refractivity contribution is 7.09. The summed E-state index contributed by atoms with van der Waals surface area (Å²) in [6.45, 7) is 1.64. The maximum absolute atomic E-state index is 5.69. The molecule has 0 radical (unpaired) electrons. The standard InChI is InChI=1S/C15H19N3OS/c16-18-13(12-6-7-19-9-12)8-15-17-14(10-20-15)11-4-2-1-3-5-11/h1-5,10,12-13,18H,6-9,16H2. The lowest BCUT2D eigenvalue weighted by Gasteiger charge is -2.20. The minimum Gasteiger partial charge on any atom is -0.381 e. The van der Waals surface area contributed by atoms with Gasteiger partial charge in [0.2, 0.25) is 0 Å². The van der Waals surface area contributed by atoms with Crippen molar-refractivity contribution >= 4 is 11.3 Å². The van der Waals surface area contributed by atoms with Gasteiger partial charge in [0.05, 0.1) is 17.3 Å². The molecule has 2 heterocycles. The van der Waals surface area contributed by atoms with Crippen molar-refractivity contribution in [1.82, 2.24) is 10.4 Å². The number of nitrogens with zero attached hydrogens (tertiary/aromatic N) is 1. The Hall–Kier alpha value is -1.27. The minimum atomic E-state index is 0.243. The smallest absolute Gasteiger partial charge is 0.0948 e. The number of hydrogen-bond donors (Lipinski definition) is 2. The van der Waals surface area contributed by atoms with Gasteiger partial charge in [0.1, 0.15) is 0 Å². The highest BCUT2D eigenvalue weighted by Gasteiger charge is 2.25. The van der Waals surface area contributed by atoms with Crippen molar-refractivity contribution in [3.8, 4) is 11.3 Å². The first-order valence-electron chi connectivity index (χ1n) is 6.90. The van der Waals surface area contributed by atoms with Gasteiger partial charge in [-0.15, -0.1) is 11.3 Å². The van der Waals surface area contributed by atoms with Gasteiger partial charge >= 0.3 is 0 Å². The Morgan fingerprint density at radius 3 is 2.95 bits per heavy atom. The molecule has 1 aromatic heterocycles. The summed E-state index contributed by atoms with van der Waals surface area (Å²) in [6, 6.07) is 10.5. The molecule has 20 heavy (non-hydrogen) atoms. The first-order valence-corrected chi connectivity index (χ1v) is 7.78. The molecule has 1 aliphatic heterocycles. The molecule has 1 aromatic carbocycles. The third-order valence-corrected chi connectivity index (χ3v) is 4.63.